The SMILES string of the molecule is Cc1ccc(C(C)NC(=O)N[C@@H]2C=C[C@H](CO)C2)cc1. The molecular weight excluding hydrogens is 252 g/mol. The Kier molecular flexibility index (Phi) is 4.79. The summed E-state index contributed by atoms with van der Waals surface area (Å²) in [5.41, 5.74) is 2.29. The lowest BCUT2D eigenvalue weighted by Crippen LogP contribution is -2.41. The van der Waals surface area contributed by atoms with Gasteiger partial charge in [-0.25, -0.2) is 4.79 Å². The third-order valence-electron chi connectivity index (χ3n) is 3.65. The smallest absolute Gasteiger partial charge is 0.315 e. The van der Waals surface area contributed by atoms with Crippen molar-refractivity contribution in [2.45, 2.75) is 32.4 Å². The van der Waals surface area contributed by atoms with Crippen LogP contribution in [0.3, 0.4) is 0 Å². The van der Waals surface area contributed by atoms with Crippen molar-refractivity contribution < 1.29 is 9.90 Å². The lowest BCUT2D eigenvalue weighted by atomic mass is 10.1. The molecule has 1 aliphatic rings. The number of urea groups is 1. The van der Waals surface area contributed by atoms with Gasteiger partial charge in [0.25, 0.3) is 0 Å². The van der Waals surface area contributed by atoms with Crippen molar-refractivity contribution in [3.63, 3.8) is 0 Å². The molecule has 1 aromatic carbocycles. The molecule has 0 heterocycles. The summed E-state index contributed by atoms with van der Waals surface area (Å²) in [6.45, 7) is 4.14. The van der Waals surface area contributed by atoms with Gasteiger partial charge in [-0.1, -0.05) is 42.0 Å². The molecule has 0 aromatic heterocycles. The summed E-state index contributed by atoms with van der Waals surface area (Å²) < 4.78 is 0. The maximum Gasteiger partial charge on any atom is 0.315 e. The Hall–Kier alpha value is -1.81. The first-order valence-electron chi connectivity index (χ1n) is 7.01. The van der Waals surface area contributed by atoms with E-state index in [4.69, 9.17) is 5.11 Å². The van der Waals surface area contributed by atoms with Gasteiger partial charge in [-0.3, -0.25) is 0 Å². The fourth-order valence-electron chi connectivity index (χ4n) is 2.36. The second kappa shape index (κ2) is 6.57. The van der Waals surface area contributed by atoms with Crippen LogP contribution in [0.5, 0.6) is 0 Å². The van der Waals surface area contributed by atoms with Gasteiger partial charge in [0.2, 0.25) is 0 Å². The molecule has 0 saturated heterocycles. The standard InChI is InChI=1S/C16H22N2O2/c1-11-3-6-14(7-4-11)12(2)17-16(20)18-15-8-5-13(9-15)10-19/h3-8,12-13,15,19H,9-10H2,1-2H3,(H2,17,18,20)/t12?,13-,15+/m0/s1. The largest absolute Gasteiger partial charge is 0.396 e. The van der Waals surface area contributed by atoms with Crippen LogP contribution in [0.4, 0.5) is 4.79 Å². The molecule has 3 N–H and O–H groups in total. The van der Waals surface area contributed by atoms with E-state index in [0.29, 0.717) is 0 Å². The molecular formula is C16H22N2O2. The number of aryl methyl sites for hydroxylation is 1. The molecule has 0 fully saturated rings. The number of hydrogen-bond donors (Lipinski definition) is 3. The van der Waals surface area contributed by atoms with Gasteiger partial charge in [0, 0.05) is 18.6 Å². The van der Waals surface area contributed by atoms with Crippen molar-refractivity contribution in [2.75, 3.05) is 6.61 Å². The number of aliphatic hydroxyl groups excluding tert-OH is 1. The van der Waals surface area contributed by atoms with Crippen LogP contribution in [-0.2, 0) is 0 Å². The topological polar surface area (TPSA) is 61.4 Å². The molecule has 0 aliphatic heterocycles. The molecule has 0 bridgehead atoms. The zero-order valence-electron chi connectivity index (χ0n) is 12.0. The van der Waals surface area contributed by atoms with E-state index < -0.39 is 0 Å². The minimum Gasteiger partial charge on any atom is -0.396 e. The van der Waals surface area contributed by atoms with E-state index in [1.54, 1.807) is 0 Å². The van der Waals surface area contributed by atoms with Crippen LogP contribution >= 0.6 is 0 Å². The number of benzene rings is 1. The summed E-state index contributed by atoms with van der Waals surface area (Å²) in [7, 11) is 0. The van der Waals surface area contributed by atoms with Gasteiger partial charge in [-0.2, -0.15) is 0 Å². The lowest BCUT2D eigenvalue weighted by Gasteiger charge is -2.18. The third kappa shape index (κ3) is 3.84. The van der Waals surface area contributed by atoms with E-state index >= 15 is 0 Å². The molecule has 1 unspecified atom stereocenters. The highest BCUT2D eigenvalue weighted by Gasteiger charge is 2.20. The highest BCUT2D eigenvalue weighted by molar-refractivity contribution is 5.75. The van der Waals surface area contributed by atoms with E-state index in [-0.39, 0.29) is 30.6 Å². The number of carbonyl (C=O) groups is 1. The van der Waals surface area contributed by atoms with Crippen molar-refractivity contribution in [3.8, 4) is 0 Å². The summed E-state index contributed by atoms with van der Waals surface area (Å²) in [5.74, 6) is 0.162. The Balaban J connectivity index is 1.82. The summed E-state index contributed by atoms with van der Waals surface area (Å²) in [4.78, 5) is 11.9. The lowest BCUT2D eigenvalue weighted by molar-refractivity contribution is 0.229. The van der Waals surface area contributed by atoms with E-state index in [1.165, 1.54) is 5.56 Å². The van der Waals surface area contributed by atoms with E-state index in [1.807, 2.05) is 50.3 Å². The maximum absolute atomic E-state index is 11.9. The van der Waals surface area contributed by atoms with Crippen molar-refractivity contribution in [2.24, 2.45) is 5.92 Å². The van der Waals surface area contributed by atoms with Crippen molar-refractivity contribution >= 4 is 6.03 Å². The van der Waals surface area contributed by atoms with Gasteiger partial charge in [-0.15, -0.1) is 0 Å². The van der Waals surface area contributed by atoms with Gasteiger partial charge in [0.05, 0.1) is 6.04 Å². The number of nitrogens with one attached hydrogen (secondary N) is 2. The zero-order chi connectivity index (χ0) is 14.5. The Labute approximate surface area is 119 Å². The minimum atomic E-state index is -0.175. The van der Waals surface area contributed by atoms with Gasteiger partial charge < -0.3 is 15.7 Å². The number of hydrogen-bond acceptors (Lipinski definition) is 2. The van der Waals surface area contributed by atoms with Crippen LogP contribution in [0.15, 0.2) is 36.4 Å². The molecule has 4 nitrogen and oxygen atoms in total. The molecule has 0 radical (unpaired) electrons. The van der Waals surface area contributed by atoms with Crippen LogP contribution in [0.1, 0.15) is 30.5 Å². The third-order valence-corrected chi connectivity index (χ3v) is 3.65. The fourth-order valence-corrected chi connectivity index (χ4v) is 2.36. The van der Waals surface area contributed by atoms with Crippen molar-refractivity contribution in [1.29, 1.82) is 0 Å². The molecule has 20 heavy (non-hydrogen) atoms. The highest BCUT2D eigenvalue weighted by Crippen LogP contribution is 2.17. The average molecular weight is 274 g/mol. The molecule has 0 spiro atoms. The Bertz CT molecular complexity index is 482. The summed E-state index contributed by atoms with van der Waals surface area (Å²) in [6, 6.07) is 7.93. The summed E-state index contributed by atoms with van der Waals surface area (Å²) >= 11 is 0. The number of carbonyl (C=O) groups excluding carboxylic acids is 1. The van der Waals surface area contributed by atoms with Gasteiger partial charge in [-0.05, 0) is 25.8 Å². The normalized spacial score (nSPS) is 22.6. The fraction of sp³-hybridized carbons (Fsp3) is 0.438. The molecule has 108 valence electrons. The van der Waals surface area contributed by atoms with Crippen molar-refractivity contribution in [3.05, 3.63) is 47.5 Å². The maximum atomic E-state index is 11.9. The molecule has 1 aromatic rings. The Morgan fingerprint density at radius 2 is 2.05 bits per heavy atom. The van der Waals surface area contributed by atoms with E-state index in [2.05, 4.69) is 10.6 Å². The van der Waals surface area contributed by atoms with Crippen LogP contribution in [0.2, 0.25) is 0 Å². The van der Waals surface area contributed by atoms with Crippen LogP contribution < -0.4 is 10.6 Å². The summed E-state index contributed by atoms with van der Waals surface area (Å²) in [5, 5.41) is 14.9. The second-order valence-electron chi connectivity index (χ2n) is 5.42. The predicted octanol–water partition coefficient (Wildman–Crippen LogP) is 2.29. The molecule has 1 aliphatic carbocycles. The predicted molar refractivity (Wildman–Crippen MR) is 79.4 cm³/mol. The summed E-state index contributed by atoms with van der Waals surface area (Å²) in [6.07, 6.45) is 4.66. The van der Waals surface area contributed by atoms with Crippen LogP contribution in [0.25, 0.3) is 0 Å². The van der Waals surface area contributed by atoms with Crippen molar-refractivity contribution in [1.82, 2.24) is 10.6 Å². The molecule has 4 heteroatoms. The first-order valence-corrected chi connectivity index (χ1v) is 7.01. The monoisotopic (exact) mass is 274 g/mol. The van der Waals surface area contributed by atoms with Gasteiger partial charge in [0.1, 0.15) is 0 Å². The quantitative estimate of drug-likeness (QED) is 0.738. The zero-order valence-corrected chi connectivity index (χ0v) is 12.0. The number of amides is 2. The first-order chi connectivity index (χ1) is 9.58. The van der Waals surface area contributed by atoms with Crippen LogP contribution in [0, 0.1) is 12.8 Å². The van der Waals surface area contributed by atoms with E-state index in [0.717, 1.165) is 12.0 Å². The van der Waals surface area contributed by atoms with Gasteiger partial charge >= 0.3 is 6.03 Å². The number of aliphatic hydroxyl groups is 1. The average Bonchev–Trinajstić information content (AvgIpc) is 2.86. The number of rotatable bonds is 4. The molecule has 3 atom stereocenters. The molecule has 0 saturated carbocycles. The molecule has 2 amide bonds. The Morgan fingerprint density at radius 3 is 2.65 bits per heavy atom. The van der Waals surface area contributed by atoms with E-state index in [9.17, 15) is 4.79 Å². The Morgan fingerprint density at radius 1 is 1.35 bits per heavy atom. The highest BCUT2D eigenvalue weighted by atomic mass is 16.3. The van der Waals surface area contributed by atoms with Crippen LogP contribution in [-0.4, -0.2) is 23.8 Å². The second-order valence-corrected chi connectivity index (χ2v) is 5.42. The minimum absolute atomic E-state index is 0.0115. The molecule has 2 rings (SSSR count). The van der Waals surface area contributed by atoms with Gasteiger partial charge in [0.15, 0.2) is 0 Å². The first kappa shape index (κ1) is 14.6.